The highest BCUT2D eigenvalue weighted by molar-refractivity contribution is 8.22. The van der Waals surface area contributed by atoms with Gasteiger partial charge in [-0.3, -0.25) is 4.79 Å². The van der Waals surface area contributed by atoms with Gasteiger partial charge in [0.2, 0.25) is 0 Å². The normalized spacial score (nSPS) is 10.6. The quantitative estimate of drug-likeness (QED) is 0.216. The van der Waals surface area contributed by atoms with Gasteiger partial charge in [-0.05, 0) is 42.0 Å². The molecule has 0 bridgehead atoms. The summed E-state index contributed by atoms with van der Waals surface area (Å²) < 4.78 is 0.871. The SMILES string of the molecule is CN(C)c1ccc(/C=N/NC(=O)C=C(Sc2ccccc2)Sc2ccccc2)cc1. The molecule has 152 valence electrons. The maximum atomic E-state index is 12.4. The number of amides is 1. The average Bonchev–Trinajstić information content (AvgIpc) is 2.75. The largest absolute Gasteiger partial charge is 0.378 e. The van der Waals surface area contributed by atoms with Crippen molar-refractivity contribution < 1.29 is 4.79 Å². The molecular weight excluding hydrogens is 410 g/mol. The molecule has 0 radical (unpaired) electrons. The average molecular weight is 434 g/mol. The Hall–Kier alpha value is -2.96. The lowest BCUT2D eigenvalue weighted by Gasteiger charge is -2.11. The Kier molecular flexibility index (Phi) is 8.18. The molecule has 4 nitrogen and oxygen atoms in total. The van der Waals surface area contributed by atoms with Crippen molar-refractivity contribution in [2.24, 2.45) is 5.10 Å². The first kappa shape index (κ1) is 21.7. The number of hydrogen-bond donors (Lipinski definition) is 1. The van der Waals surface area contributed by atoms with Crippen LogP contribution < -0.4 is 10.3 Å². The Morgan fingerprint density at radius 1 is 0.833 bits per heavy atom. The highest BCUT2D eigenvalue weighted by Gasteiger charge is 2.07. The summed E-state index contributed by atoms with van der Waals surface area (Å²) in [6, 6.07) is 27.9. The summed E-state index contributed by atoms with van der Waals surface area (Å²) in [7, 11) is 3.99. The van der Waals surface area contributed by atoms with Gasteiger partial charge in [-0.1, -0.05) is 72.1 Å². The van der Waals surface area contributed by atoms with E-state index in [-0.39, 0.29) is 5.91 Å². The predicted octanol–water partition coefficient (Wildman–Crippen LogP) is 5.63. The zero-order valence-electron chi connectivity index (χ0n) is 16.9. The van der Waals surface area contributed by atoms with Crippen LogP contribution in [0, 0.1) is 0 Å². The van der Waals surface area contributed by atoms with Gasteiger partial charge in [0, 0.05) is 35.6 Å². The molecule has 0 aromatic heterocycles. The van der Waals surface area contributed by atoms with Crippen molar-refractivity contribution in [3.05, 3.63) is 101 Å². The second-order valence-electron chi connectivity index (χ2n) is 6.51. The van der Waals surface area contributed by atoms with Crippen molar-refractivity contribution in [2.75, 3.05) is 19.0 Å². The number of thioether (sulfide) groups is 2. The van der Waals surface area contributed by atoms with Crippen molar-refractivity contribution in [2.45, 2.75) is 9.79 Å². The van der Waals surface area contributed by atoms with Crippen LogP contribution in [0.4, 0.5) is 5.69 Å². The van der Waals surface area contributed by atoms with Crippen molar-refractivity contribution in [3.8, 4) is 0 Å². The number of nitrogens with one attached hydrogen (secondary N) is 1. The van der Waals surface area contributed by atoms with Crippen LogP contribution >= 0.6 is 23.5 Å². The predicted molar refractivity (Wildman–Crippen MR) is 129 cm³/mol. The maximum absolute atomic E-state index is 12.4. The van der Waals surface area contributed by atoms with E-state index in [1.807, 2.05) is 104 Å². The summed E-state index contributed by atoms with van der Waals surface area (Å²) in [5.41, 5.74) is 4.62. The number of carbonyl (C=O) groups excluding carboxylic acids is 1. The third-order valence-electron chi connectivity index (χ3n) is 3.97. The number of anilines is 1. The zero-order chi connectivity index (χ0) is 21.2. The first-order chi connectivity index (χ1) is 14.6. The maximum Gasteiger partial charge on any atom is 0.265 e. The van der Waals surface area contributed by atoms with E-state index >= 15 is 0 Å². The number of hydrogen-bond acceptors (Lipinski definition) is 5. The van der Waals surface area contributed by atoms with Crippen LogP contribution in [0.1, 0.15) is 5.56 Å². The number of benzene rings is 3. The summed E-state index contributed by atoms with van der Waals surface area (Å²) in [6.07, 6.45) is 3.22. The molecule has 3 aromatic carbocycles. The van der Waals surface area contributed by atoms with Crippen LogP contribution in [-0.4, -0.2) is 26.2 Å². The van der Waals surface area contributed by atoms with Crippen LogP contribution in [0.15, 0.2) is 110 Å². The van der Waals surface area contributed by atoms with E-state index in [4.69, 9.17) is 0 Å². The molecule has 0 fully saturated rings. The Labute approximate surface area is 186 Å². The number of rotatable bonds is 8. The van der Waals surface area contributed by atoms with Gasteiger partial charge in [0.1, 0.15) is 0 Å². The number of carbonyl (C=O) groups is 1. The van der Waals surface area contributed by atoms with E-state index in [1.54, 1.807) is 35.8 Å². The highest BCUT2D eigenvalue weighted by Crippen LogP contribution is 2.38. The minimum absolute atomic E-state index is 0.266. The van der Waals surface area contributed by atoms with Crippen LogP contribution in [0.25, 0.3) is 0 Å². The summed E-state index contributed by atoms with van der Waals surface area (Å²) in [5, 5.41) is 4.08. The molecule has 0 saturated carbocycles. The first-order valence-electron chi connectivity index (χ1n) is 9.38. The second-order valence-corrected chi connectivity index (χ2v) is 9.00. The fourth-order valence-electron chi connectivity index (χ4n) is 2.46. The van der Waals surface area contributed by atoms with Gasteiger partial charge in [-0.15, -0.1) is 0 Å². The molecule has 0 spiro atoms. The molecule has 3 rings (SSSR count). The molecule has 0 heterocycles. The van der Waals surface area contributed by atoms with Gasteiger partial charge in [0.05, 0.1) is 10.5 Å². The molecule has 0 aliphatic heterocycles. The molecule has 0 saturated heterocycles. The van der Waals surface area contributed by atoms with Gasteiger partial charge in [-0.2, -0.15) is 5.10 Å². The lowest BCUT2D eigenvalue weighted by molar-refractivity contribution is -0.116. The standard InChI is InChI=1S/C24H23N3OS2/c1-27(2)20-15-13-19(14-16-20)18-25-26-23(28)17-24(29-21-9-5-3-6-10-21)30-22-11-7-4-8-12-22/h3-18H,1-2H3,(H,26,28)/b25-18+. The zero-order valence-corrected chi connectivity index (χ0v) is 18.5. The topological polar surface area (TPSA) is 44.7 Å². The highest BCUT2D eigenvalue weighted by atomic mass is 32.2. The van der Waals surface area contributed by atoms with E-state index in [1.165, 1.54) is 0 Å². The van der Waals surface area contributed by atoms with Gasteiger partial charge < -0.3 is 4.90 Å². The Bertz CT molecular complexity index is 958. The van der Waals surface area contributed by atoms with Crippen molar-refractivity contribution >= 4 is 41.3 Å². The smallest absolute Gasteiger partial charge is 0.265 e. The van der Waals surface area contributed by atoms with Crippen molar-refractivity contribution in [1.29, 1.82) is 0 Å². The van der Waals surface area contributed by atoms with E-state index in [0.717, 1.165) is 25.3 Å². The van der Waals surface area contributed by atoms with Crippen LogP contribution in [-0.2, 0) is 4.79 Å². The van der Waals surface area contributed by atoms with Gasteiger partial charge in [0.25, 0.3) is 5.91 Å². The molecule has 0 atom stereocenters. The molecule has 0 aliphatic carbocycles. The summed E-state index contributed by atoms with van der Waals surface area (Å²) >= 11 is 3.11. The molecule has 30 heavy (non-hydrogen) atoms. The van der Waals surface area contributed by atoms with E-state index in [9.17, 15) is 4.79 Å². The van der Waals surface area contributed by atoms with E-state index in [2.05, 4.69) is 10.5 Å². The van der Waals surface area contributed by atoms with E-state index in [0.29, 0.717) is 0 Å². The monoisotopic (exact) mass is 433 g/mol. The molecule has 6 heteroatoms. The third kappa shape index (κ3) is 7.13. The lowest BCUT2D eigenvalue weighted by atomic mass is 10.2. The van der Waals surface area contributed by atoms with Crippen molar-refractivity contribution in [1.82, 2.24) is 5.43 Å². The third-order valence-corrected chi connectivity index (χ3v) is 6.12. The van der Waals surface area contributed by atoms with E-state index < -0.39 is 0 Å². The molecule has 3 aromatic rings. The van der Waals surface area contributed by atoms with Crippen LogP contribution in [0.3, 0.4) is 0 Å². The molecule has 0 aliphatic rings. The van der Waals surface area contributed by atoms with Crippen molar-refractivity contribution in [3.63, 3.8) is 0 Å². The fourth-order valence-corrected chi connectivity index (χ4v) is 4.58. The summed E-state index contributed by atoms with van der Waals surface area (Å²) in [4.78, 5) is 16.6. The lowest BCUT2D eigenvalue weighted by Crippen LogP contribution is -2.14. The minimum Gasteiger partial charge on any atom is -0.378 e. The van der Waals surface area contributed by atoms with Crippen LogP contribution in [0.5, 0.6) is 0 Å². The molecule has 1 amide bonds. The number of hydrazone groups is 1. The van der Waals surface area contributed by atoms with Gasteiger partial charge in [0.15, 0.2) is 0 Å². The van der Waals surface area contributed by atoms with Gasteiger partial charge >= 0.3 is 0 Å². The van der Waals surface area contributed by atoms with Crippen LogP contribution in [0.2, 0.25) is 0 Å². The summed E-state index contributed by atoms with van der Waals surface area (Å²) in [6.45, 7) is 0. The first-order valence-corrected chi connectivity index (χ1v) is 11.0. The second kappa shape index (κ2) is 11.3. The minimum atomic E-state index is -0.266. The molecule has 1 N–H and O–H groups in total. The fraction of sp³-hybridized carbons (Fsp3) is 0.0833. The molecule has 0 unspecified atom stereocenters. The Morgan fingerprint density at radius 2 is 1.37 bits per heavy atom. The van der Waals surface area contributed by atoms with Gasteiger partial charge in [-0.25, -0.2) is 5.43 Å². The summed E-state index contributed by atoms with van der Waals surface area (Å²) in [5.74, 6) is -0.266. The Morgan fingerprint density at radius 3 is 1.87 bits per heavy atom. The molecular formula is C24H23N3OS2. The number of nitrogens with zero attached hydrogens (tertiary/aromatic N) is 2. The Balaban J connectivity index is 1.67.